The number of aromatic nitrogens is 1. The molecule has 1 aliphatic rings. The monoisotopic (exact) mass is 534 g/mol. The molecule has 4 rings (SSSR count). The van der Waals surface area contributed by atoms with Gasteiger partial charge in [0.15, 0.2) is 0 Å². The maximum absolute atomic E-state index is 12.6. The molecular weight excluding hydrogens is 498 g/mol. The predicted octanol–water partition coefficient (Wildman–Crippen LogP) is 5.26. The molecule has 2 amide bonds. The number of hydrogen-bond donors (Lipinski definition) is 2. The SMILES string of the molecule is CCNC(C)(C)C(=O)N(C)C/C=C/c1ccc2c(c1)C[C@H](C(=O)Nc1ccccn1)C2.Fc1cccc(F)c1. The molecule has 3 aromatic rings. The summed E-state index contributed by atoms with van der Waals surface area (Å²) < 4.78 is 23.9. The van der Waals surface area contributed by atoms with Crippen molar-refractivity contribution in [3.63, 3.8) is 0 Å². The maximum atomic E-state index is 12.6. The van der Waals surface area contributed by atoms with Crippen molar-refractivity contribution in [2.45, 2.75) is 39.2 Å². The lowest BCUT2D eigenvalue weighted by molar-refractivity contribution is -0.135. The highest BCUT2D eigenvalue weighted by molar-refractivity contribution is 5.92. The number of anilines is 1. The first-order chi connectivity index (χ1) is 18.6. The third-order valence-corrected chi connectivity index (χ3v) is 6.43. The molecule has 0 spiro atoms. The van der Waals surface area contributed by atoms with Crippen molar-refractivity contribution in [2.75, 3.05) is 25.5 Å². The highest BCUT2D eigenvalue weighted by Crippen LogP contribution is 2.29. The van der Waals surface area contributed by atoms with Gasteiger partial charge in [0.25, 0.3) is 0 Å². The van der Waals surface area contributed by atoms with Crippen molar-refractivity contribution >= 4 is 23.7 Å². The summed E-state index contributed by atoms with van der Waals surface area (Å²) in [5.41, 5.74) is 2.94. The zero-order chi connectivity index (χ0) is 28.4. The Morgan fingerprint density at radius 1 is 1.03 bits per heavy atom. The Hall–Kier alpha value is -3.91. The Kier molecular flexibility index (Phi) is 10.5. The number of hydrogen-bond acceptors (Lipinski definition) is 4. The summed E-state index contributed by atoms with van der Waals surface area (Å²) in [7, 11) is 1.82. The molecule has 0 unspecified atom stereocenters. The summed E-state index contributed by atoms with van der Waals surface area (Å²) in [6.07, 6.45) is 7.18. The summed E-state index contributed by atoms with van der Waals surface area (Å²) >= 11 is 0. The molecule has 0 fully saturated rings. The molecule has 2 N–H and O–H groups in total. The number of halogens is 2. The Balaban J connectivity index is 0.000000449. The topological polar surface area (TPSA) is 74.3 Å². The first-order valence-electron chi connectivity index (χ1n) is 13.0. The van der Waals surface area contributed by atoms with Crippen LogP contribution in [0.25, 0.3) is 6.08 Å². The Bertz CT molecular complexity index is 1280. The zero-order valence-electron chi connectivity index (χ0n) is 22.9. The first-order valence-corrected chi connectivity index (χ1v) is 13.0. The lowest BCUT2D eigenvalue weighted by atomic mass is 10.0. The number of pyridine rings is 1. The number of likely N-dealkylation sites (N-methyl/N-ethyl adjacent to an activating group) is 2. The number of nitrogens with one attached hydrogen (secondary N) is 2. The molecule has 8 heteroatoms. The molecule has 1 atom stereocenters. The van der Waals surface area contributed by atoms with E-state index in [0.717, 1.165) is 31.0 Å². The van der Waals surface area contributed by atoms with Crippen LogP contribution in [0.2, 0.25) is 0 Å². The van der Waals surface area contributed by atoms with E-state index in [1.807, 2.05) is 52.1 Å². The summed E-state index contributed by atoms with van der Waals surface area (Å²) in [5.74, 6) is -0.489. The molecule has 2 aromatic carbocycles. The third-order valence-electron chi connectivity index (χ3n) is 6.43. The standard InChI is InChI=1S/C25H32N4O2.C6H4F2/c1-5-27-25(2,3)24(31)29(4)14-8-9-18-11-12-19-16-21(17-20(19)15-18)23(30)28-22-10-6-7-13-26-22;7-5-2-1-3-6(8)4-5/h6-13,15,21,27H,5,14,16-17H2,1-4H3,(H,26,28,30);1-4H/b9-8+;/t21-;/m1./s1. The molecular formula is C31H36F2N4O2. The lowest BCUT2D eigenvalue weighted by Crippen LogP contribution is -2.53. The van der Waals surface area contributed by atoms with E-state index in [2.05, 4.69) is 33.8 Å². The quantitative estimate of drug-likeness (QED) is 0.414. The van der Waals surface area contributed by atoms with Gasteiger partial charge in [-0.15, -0.1) is 0 Å². The van der Waals surface area contributed by atoms with Gasteiger partial charge in [-0.1, -0.05) is 49.4 Å². The minimum absolute atomic E-state index is 0.00966. The number of benzene rings is 2. The number of nitrogens with zero attached hydrogens (tertiary/aromatic N) is 2. The van der Waals surface area contributed by atoms with Crippen LogP contribution in [0, 0.1) is 17.6 Å². The minimum Gasteiger partial charge on any atom is -0.340 e. The minimum atomic E-state index is -0.574. The van der Waals surface area contributed by atoms with Crippen LogP contribution in [0.5, 0.6) is 0 Å². The van der Waals surface area contributed by atoms with E-state index in [1.165, 1.54) is 29.3 Å². The van der Waals surface area contributed by atoms with Crippen molar-refractivity contribution in [3.05, 3.63) is 101 Å². The van der Waals surface area contributed by atoms with Gasteiger partial charge in [0.1, 0.15) is 17.5 Å². The Morgan fingerprint density at radius 2 is 1.74 bits per heavy atom. The van der Waals surface area contributed by atoms with Gasteiger partial charge < -0.3 is 15.5 Å². The first kappa shape index (κ1) is 29.6. The smallest absolute Gasteiger partial charge is 0.242 e. The summed E-state index contributed by atoms with van der Waals surface area (Å²) in [4.78, 5) is 31.1. The van der Waals surface area contributed by atoms with Crippen LogP contribution in [0.15, 0.2) is 72.9 Å². The summed E-state index contributed by atoms with van der Waals surface area (Å²) in [5, 5.41) is 6.12. The van der Waals surface area contributed by atoms with E-state index >= 15 is 0 Å². The second-order valence-corrected chi connectivity index (χ2v) is 10.0. The second kappa shape index (κ2) is 13.8. The van der Waals surface area contributed by atoms with Crippen molar-refractivity contribution in [2.24, 2.45) is 5.92 Å². The molecule has 0 saturated carbocycles. The van der Waals surface area contributed by atoms with Crippen molar-refractivity contribution in [1.82, 2.24) is 15.2 Å². The van der Waals surface area contributed by atoms with Crippen LogP contribution in [0.1, 0.15) is 37.5 Å². The molecule has 6 nitrogen and oxygen atoms in total. The molecule has 0 radical (unpaired) electrons. The van der Waals surface area contributed by atoms with Gasteiger partial charge in [-0.05, 0) is 74.2 Å². The highest BCUT2D eigenvalue weighted by Gasteiger charge is 2.29. The van der Waals surface area contributed by atoms with E-state index < -0.39 is 17.2 Å². The molecule has 0 aliphatic heterocycles. The fourth-order valence-corrected chi connectivity index (χ4v) is 4.48. The van der Waals surface area contributed by atoms with Gasteiger partial charge >= 0.3 is 0 Å². The van der Waals surface area contributed by atoms with E-state index in [-0.39, 0.29) is 17.7 Å². The number of amides is 2. The van der Waals surface area contributed by atoms with Crippen molar-refractivity contribution < 1.29 is 18.4 Å². The summed E-state index contributed by atoms with van der Waals surface area (Å²) in [6.45, 7) is 7.09. The average molecular weight is 535 g/mol. The average Bonchev–Trinajstić information content (AvgIpc) is 3.33. The molecule has 0 bridgehead atoms. The molecule has 1 aliphatic carbocycles. The molecule has 0 saturated heterocycles. The van der Waals surface area contributed by atoms with Crippen LogP contribution in [-0.4, -0.2) is 47.4 Å². The number of fused-ring (bicyclic) bond motifs is 1. The zero-order valence-corrected chi connectivity index (χ0v) is 22.9. The van der Waals surface area contributed by atoms with E-state index in [0.29, 0.717) is 12.4 Å². The normalized spacial score (nSPS) is 14.4. The second-order valence-electron chi connectivity index (χ2n) is 10.0. The molecule has 39 heavy (non-hydrogen) atoms. The fraction of sp³-hybridized carbons (Fsp3) is 0.323. The van der Waals surface area contributed by atoms with Crippen molar-refractivity contribution in [3.8, 4) is 0 Å². The highest BCUT2D eigenvalue weighted by atomic mass is 19.1. The summed E-state index contributed by atoms with van der Waals surface area (Å²) in [6, 6.07) is 16.3. The van der Waals surface area contributed by atoms with Gasteiger partial charge in [-0.25, -0.2) is 13.8 Å². The molecule has 206 valence electrons. The van der Waals surface area contributed by atoms with Crippen LogP contribution in [0.4, 0.5) is 14.6 Å². The van der Waals surface area contributed by atoms with Crippen LogP contribution in [0.3, 0.4) is 0 Å². The van der Waals surface area contributed by atoms with Crippen LogP contribution in [-0.2, 0) is 22.4 Å². The van der Waals surface area contributed by atoms with Gasteiger partial charge in [-0.3, -0.25) is 9.59 Å². The third kappa shape index (κ3) is 8.82. The van der Waals surface area contributed by atoms with E-state index in [4.69, 9.17) is 0 Å². The van der Waals surface area contributed by atoms with E-state index in [1.54, 1.807) is 17.2 Å². The van der Waals surface area contributed by atoms with Gasteiger partial charge in [0.2, 0.25) is 11.8 Å². The number of carbonyl (C=O) groups is 2. The van der Waals surface area contributed by atoms with Gasteiger partial charge in [0, 0.05) is 31.8 Å². The Morgan fingerprint density at radius 3 is 2.36 bits per heavy atom. The van der Waals surface area contributed by atoms with Crippen LogP contribution >= 0.6 is 0 Å². The Labute approximate surface area is 229 Å². The van der Waals surface area contributed by atoms with Crippen molar-refractivity contribution in [1.29, 1.82) is 0 Å². The molecule has 1 heterocycles. The van der Waals surface area contributed by atoms with Crippen LogP contribution < -0.4 is 10.6 Å². The van der Waals surface area contributed by atoms with Gasteiger partial charge in [0.05, 0.1) is 5.54 Å². The largest absolute Gasteiger partial charge is 0.340 e. The van der Waals surface area contributed by atoms with E-state index in [9.17, 15) is 18.4 Å². The molecule has 1 aromatic heterocycles. The number of rotatable bonds is 8. The predicted molar refractivity (Wildman–Crippen MR) is 151 cm³/mol. The van der Waals surface area contributed by atoms with Gasteiger partial charge in [-0.2, -0.15) is 0 Å². The lowest BCUT2D eigenvalue weighted by Gasteiger charge is -2.29. The maximum Gasteiger partial charge on any atom is 0.242 e. The number of carbonyl (C=O) groups excluding carboxylic acids is 2. The fourth-order valence-electron chi connectivity index (χ4n) is 4.48.